The Morgan fingerprint density at radius 3 is 1.82 bits per heavy atom. The monoisotopic (exact) mass is 794 g/mol. The molecule has 1 N–H and O–H groups in total. The summed E-state index contributed by atoms with van der Waals surface area (Å²) in [5.41, 5.74) is 5.70. The molecule has 0 bridgehead atoms. The number of hydrogen-bond acceptors (Lipinski definition) is 4. The highest BCUT2D eigenvalue weighted by atomic mass is 79.9. The summed E-state index contributed by atoms with van der Waals surface area (Å²) in [6.45, 7) is 6.19. The molecule has 0 saturated heterocycles. The lowest BCUT2D eigenvalue weighted by Gasteiger charge is -2.16. The van der Waals surface area contributed by atoms with E-state index in [0.29, 0.717) is 11.8 Å². The molecule has 40 heavy (non-hydrogen) atoms. The van der Waals surface area contributed by atoms with Crippen LogP contribution in [-0.4, -0.2) is 31.3 Å². The summed E-state index contributed by atoms with van der Waals surface area (Å²) in [4.78, 5) is 24.0. The van der Waals surface area contributed by atoms with E-state index in [1.54, 1.807) is 25.3 Å². The molecule has 210 valence electrons. The number of fused-ring (bicyclic) bond motifs is 2. The van der Waals surface area contributed by atoms with E-state index < -0.39 is 0 Å². The molecule has 0 amide bonds. The average Bonchev–Trinajstić information content (AvgIpc) is 3.60. The molecular formula is C31H31BBr4O4. The van der Waals surface area contributed by atoms with E-state index in [4.69, 9.17) is 4.74 Å². The van der Waals surface area contributed by atoms with E-state index in [1.807, 2.05) is 42.5 Å². The topological polar surface area (TPSA) is 63.6 Å². The summed E-state index contributed by atoms with van der Waals surface area (Å²) in [6, 6.07) is 15.1. The Morgan fingerprint density at radius 2 is 1.27 bits per heavy atom. The Hall–Kier alpha value is -1.42. The number of carbonyl (C=O) groups is 2. The number of rotatable bonds is 3. The van der Waals surface area contributed by atoms with Crippen LogP contribution in [0.3, 0.4) is 0 Å². The minimum Gasteiger partial charge on any atom is -0.508 e. The maximum absolute atomic E-state index is 12.0. The van der Waals surface area contributed by atoms with Gasteiger partial charge >= 0.3 is 3.18 Å². The molecule has 0 radical (unpaired) electrons. The van der Waals surface area contributed by atoms with E-state index in [9.17, 15) is 14.7 Å². The van der Waals surface area contributed by atoms with Gasteiger partial charge in [-0.2, -0.15) is 0 Å². The van der Waals surface area contributed by atoms with Crippen LogP contribution in [0.5, 0.6) is 11.5 Å². The number of ether oxygens (including phenoxy) is 1. The zero-order valence-electron chi connectivity index (χ0n) is 22.4. The molecule has 2 saturated carbocycles. The molecular weight excluding hydrogens is 767 g/mol. The Kier molecular flexibility index (Phi) is 10.5. The fraction of sp³-hybridized carbons (Fsp3) is 0.355. The van der Waals surface area contributed by atoms with Crippen molar-refractivity contribution in [3.63, 3.8) is 0 Å². The van der Waals surface area contributed by atoms with E-state index >= 15 is 0 Å². The Balaban J connectivity index is 0.000000164. The van der Waals surface area contributed by atoms with Gasteiger partial charge in [0, 0.05) is 16.2 Å². The number of methoxy groups -OCH3 is 1. The van der Waals surface area contributed by atoms with Gasteiger partial charge in [-0.05, 0) is 103 Å². The van der Waals surface area contributed by atoms with Crippen molar-refractivity contribution in [2.24, 2.45) is 23.7 Å². The van der Waals surface area contributed by atoms with E-state index in [-0.39, 0.29) is 36.7 Å². The van der Waals surface area contributed by atoms with Gasteiger partial charge < -0.3 is 9.84 Å². The first-order valence-corrected chi connectivity index (χ1v) is 16.6. The van der Waals surface area contributed by atoms with Crippen molar-refractivity contribution in [1.82, 2.24) is 0 Å². The lowest BCUT2D eigenvalue weighted by molar-refractivity contribution is -0.118. The van der Waals surface area contributed by atoms with Gasteiger partial charge in [-0.15, -0.1) is 47.3 Å². The van der Waals surface area contributed by atoms with Crippen molar-refractivity contribution < 1.29 is 19.4 Å². The molecule has 0 heterocycles. The van der Waals surface area contributed by atoms with Gasteiger partial charge in [0.05, 0.1) is 7.11 Å². The van der Waals surface area contributed by atoms with Crippen LogP contribution in [-0.2, 0) is 9.59 Å². The van der Waals surface area contributed by atoms with Gasteiger partial charge in [-0.3, -0.25) is 9.59 Å². The maximum atomic E-state index is 12.0. The van der Waals surface area contributed by atoms with E-state index in [2.05, 4.69) is 76.7 Å². The van der Waals surface area contributed by atoms with Crippen LogP contribution in [0.2, 0.25) is 0 Å². The number of phenolic OH excluding ortho intramolecular Hbond substituents is 1. The van der Waals surface area contributed by atoms with Gasteiger partial charge in [-0.1, -0.05) is 52.3 Å². The summed E-state index contributed by atoms with van der Waals surface area (Å²) in [7, 11) is 1.66. The summed E-state index contributed by atoms with van der Waals surface area (Å²) < 4.78 is 5.50. The van der Waals surface area contributed by atoms with Gasteiger partial charge in [0.15, 0.2) is 11.6 Å². The van der Waals surface area contributed by atoms with Crippen LogP contribution < -0.4 is 4.74 Å². The standard InChI is InChI=1S/C16H16O2.C15H15BrO2.BBr3/c1-10-7-14-13(9-16(17)15(14)8-10)11-3-5-12(18-2)6-4-11;1-15(16)7-12-11(6-14(18)13(12)8-15)9-2-4-10(17)5-3-9;2-1(3)4/h3-6,9,14-15H,1,7-8H2,2H3;2-6,12-13,17H,7-8H2,1H3;/t;12-,13-,15-;/m.1./s1. The van der Waals surface area contributed by atoms with Gasteiger partial charge in [0.1, 0.15) is 11.5 Å². The predicted octanol–water partition coefficient (Wildman–Crippen LogP) is 8.94. The molecule has 5 atom stereocenters. The normalized spacial score (nSPS) is 28.0. The van der Waals surface area contributed by atoms with Crippen LogP contribution in [0.1, 0.15) is 43.7 Å². The molecule has 2 aromatic carbocycles. The minimum absolute atomic E-state index is 0.0778. The van der Waals surface area contributed by atoms with Crippen LogP contribution in [0.25, 0.3) is 11.1 Å². The van der Waals surface area contributed by atoms with Crippen molar-refractivity contribution in [2.75, 3.05) is 7.11 Å². The van der Waals surface area contributed by atoms with Crippen molar-refractivity contribution in [1.29, 1.82) is 0 Å². The van der Waals surface area contributed by atoms with Crippen molar-refractivity contribution in [2.45, 2.75) is 36.9 Å². The third-order valence-electron chi connectivity index (χ3n) is 8.03. The Bertz CT molecular complexity index is 1330. The summed E-state index contributed by atoms with van der Waals surface area (Å²) in [5, 5.41) is 9.33. The van der Waals surface area contributed by atoms with E-state index in [0.717, 1.165) is 48.1 Å². The fourth-order valence-corrected chi connectivity index (χ4v) is 6.99. The highest BCUT2D eigenvalue weighted by Gasteiger charge is 2.48. The quantitative estimate of drug-likeness (QED) is 0.192. The van der Waals surface area contributed by atoms with Crippen LogP contribution in [0.15, 0.2) is 72.8 Å². The number of carbonyl (C=O) groups excluding carboxylic acids is 2. The largest absolute Gasteiger partial charge is 0.508 e. The van der Waals surface area contributed by atoms with Crippen molar-refractivity contribution in [3.8, 4) is 11.5 Å². The first-order valence-electron chi connectivity index (χ1n) is 13.1. The summed E-state index contributed by atoms with van der Waals surface area (Å²) >= 11 is 13.0. The lowest BCUT2D eigenvalue weighted by Crippen LogP contribution is -2.12. The Morgan fingerprint density at radius 1 is 0.825 bits per heavy atom. The zero-order chi connectivity index (χ0) is 29.2. The van der Waals surface area contributed by atoms with E-state index in [1.165, 1.54) is 11.1 Å². The molecule has 4 aliphatic carbocycles. The molecule has 0 spiro atoms. The second kappa shape index (κ2) is 13.3. The number of halogens is 4. The fourth-order valence-electron chi connectivity index (χ4n) is 6.29. The highest BCUT2D eigenvalue weighted by Crippen LogP contribution is 2.53. The van der Waals surface area contributed by atoms with Crippen molar-refractivity contribution in [3.05, 3.63) is 84.0 Å². The molecule has 2 fully saturated rings. The van der Waals surface area contributed by atoms with Crippen LogP contribution in [0, 0.1) is 23.7 Å². The number of alkyl halides is 1. The zero-order valence-corrected chi connectivity index (χ0v) is 28.7. The Labute approximate surface area is 269 Å². The second-order valence-electron chi connectivity index (χ2n) is 10.9. The molecule has 2 aromatic rings. The number of ketones is 2. The van der Waals surface area contributed by atoms with Crippen molar-refractivity contribution >= 4 is 89.1 Å². The summed E-state index contributed by atoms with van der Waals surface area (Å²) in [6.07, 6.45) is 7.34. The van der Waals surface area contributed by atoms with Gasteiger partial charge in [0.2, 0.25) is 0 Å². The average molecular weight is 798 g/mol. The smallest absolute Gasteiger partial charge is 0.369 e. The number of allylic oxidation sites excluding steroid dienone is 5. The first kappa shape index (κ1) is 31.5. The van der Waals surface area contributed by atoms with Gasteiger partial charge in [0.25, 0.3) is 0 Å². The minimum atomic E-state index is 0.0778. The first-order chi connectivity index (χ1) is 18.9. The molecule has 4 nitrogen and oxygen atoms in total. The van der Waals surface area contributed by atoms with Crippen LogP contribution in [0.4, 0.5) is 0 Å². The maximum Gasteiger partial charge on any atom is 0.369 e. The third-order valence-corrected chi connectivity index (χ3v) is 8.68. The lowest BCUT2D eigenvalue weighted by atomic mass is 9.90. The SMILES string of the molecule is BrB(Br)Br.C=C1CC2C(=O)C=C(c3ccc(OC)cc3)C2C1.C[C@@]1(Br)C[C@@H]2C(c3ccc(O)cc3)=CC(=O)[C@@H]2C1. The summed E-state index contributed by atoms with van der Waals surface area (Å²) in [5.74, 6) is 2.58. The molecule has 4 aliphatic rings. The molecule has 2 unspecified atom stereocenters. The predicted molar refractivity (Wildman–Crippen MR) is 179 cm³/mol. The number of phenols is 1. The second-order valence-corrected chi connectivity index (χ2v) is 19.3. The molecule has 6 rings (SSSR count). The number of hydrogen-bond donors (Lipinski definition) is 1. The molecule has 0 aliphatic heterocycles. The molecule has 0 aromatic heterocycles. The number of aromatic hydroxyl groups is 1. The molecule has 9 heteroatoms. The van der Waals surface area contributed by atoms with Crippen LogP contribution >= 0.6 is 63.2 Å². The van der Waals surface area contributed by atoms with Gasteiger partial charge in [-0.25, -0.2) is 0 Å². The number of benzene rings is 2. The third kappa shape index (κ3) is 7.50. The highest BCUT2D eigenvalue weighted by molar-refractivity contribution is 9.69.